The van der Waals surface area contributed by atoms with Crippen LogP contribution in [0.15, 0.2) is 29.3 Å². The molecule has 136 valence electrons. The van der Waals surface area contributed by atoms with Crippen LogP contribution < -0.4 is 15.4 Å². The van der Waals surface area contributed by atoms with E-state index in [4.69, 9.17) is 4.74 Å². The van der Waals surface area contributed by atoms with Crippen molar-refractivity contribution in [2.45, 2.75) is 40.3 Å². The van der Waals surface area contributed by atoms with Crippen molar-refractivity contribution in [3.63, 3.8) is 0 Å². The Morgan fingerprint density at radius 2 is 2.08 bits per heavy atom. The van der Waals surface area contributed by atoms with Crippen molar-refractivity contribution in [1.82, 2.24) is 25.4 Å². The monoisotopic (exact) mass is 344 g/mol. The number of aromatic nitrogens is 3. The number of nitrogens with zero attached hydrogens (tertiary/aromatic N) is 4. The Labute approximate surface area is 149 Å². The molecule has 25 heavy (non-hydrogen) atoms. The summed E-state index contributed by atoms with van der Waals surface area (Å²) in [5.74, 6) is 3.33. The molecule has 0 aliphatic carbocycles. The van der Waals surface area contributed by atoms with Gasteiger partial charge < -0.3 is 19.9 Å². The van der Waals surface area contributed by atoms with Crippen LogP contribution in [0.5, 0.6) is 5.75 Å². The van der Waals surface area contributed by atoms with Gasteiger partial charge in [-0.05, 0) is 45.4 Å². The summed E-state index contributed by atoms with van der Waals surface area (Å²) in [5.41, 5.74) is 1.19. The first-order valence-electron chi connectivity index (χ1n) is 8.60. The molecule has 0 saturated carbocycles. The maximum Gasteiger partial charge on any atom is 0.191 e. The van der Waals surface area contributed by atoms with E-state index in [0.717, 1.165) is 29.9 Å². The van der Waals surface area contributed by atoms with Crippen molar-refractivity contribution in [3.05, 3.63) is 41.5 Å². The first kappa shape index (κ1) is 18.8. The van der Waals surface area contributed by atoms with E-state index in [1.165, 1.54) is 5.56 Å². The van der Waals surface area contributed by atoms with Crippen molar-refractivity contribution in [3.8, 4) is 5.75 Å². The molecule has 2 N–H and O–H groups in total. The molecular weight excluding hydrogens is 316 g/mol. The average molecular weight is 344 g/mol. The first-order valence-corrected chi connectivity index (χ1v) is 8.60. The minimum Gasteiger partial charge on any atom is -0.489 e. The van der Waals surface area contributed by atoms with Crippen LogP contribution in [0, 0.1) is 13.8 Å². The fraction of sp³-hybridized carbons (Fsp3) is 0.500. The molecule has 1 atom stereocenters. The quantitative estimate of drug-likeness (QED) is 0.593. The minimum absolute atomic E-state index is 0.0164. The van der Waals surface area contributed by atoms with Crippen LogP contribution in [0.2, 0.25) is 0 Å². The number of nitrogens with one attached hydrogen (secondary N) is 2. The number of guanidine groups is 1. The number of hydrogen-bond acceptors (Lipinski definition) is 4. The van der Waals surface area contributed by atoms with E-state index in [2.05, 4.69) is 38.8 Å². The molecule has 0 radical (unpaired) electrons. The van der Waals surface area contributed by atoms with Gasteiger partial charge in [-0.2, -0.15) is 0 Å². The standard InChI is InChI=1S/C18H28N6O/c1-6-19-18(21-12-17-23-22-15(4)24(17)5)20-11-14(3)25-16-9-7-8-13(2)10-16/h7-10,14H,6,11-12H2,1-5H3,(H2,19,20,21). The molecule has 0 saturated heterocycles. The second kappa shape index (κ2) is 9.05. The third kappa shape index (κ3) is 5.77. The van der Waals surface area contributed by atoms with E-state index < -0.39 is 0 Å². The Bertz CT molecular complexity index is 709. The SMILES string of the molecule is CCNC(=NCc1nnc(C)n1C)NCC(C)Oc1cccc(C)c1. The maximum atomic E-state index is 5.94. The van der Waals surface area contributed by atoms with Gasteiger partial charge in [-0.1, -0.05) is 12.1 Å². The molecule has 1 unspecified atom stereocenters. The van der Waals surface area contributed by atoms with Crippen molar-refractivity contribution in [1.29, 1.82) is 0 Å². The number of aliphatic imine (C=N–C) groups is 1. The van der Waals surface area contributed by atoms with Gasteiger partial charge in [0, 0.05) is 13.6 Å². The fourth-order valence-electron chi connectivity index (χ4n) is 2.28. The molecular formula is C18H28N6O. The van der Waals surface area contributed by atoms with Crippen molar-refractivity contribution in [2.24, 2.45) is 12.0 Å². The largest absolute Gasteiger partial charge is 0.489 e. The molecule has 0 amide bonds. The number of hydrogen-bond donors (Lipinski definition) is 2. The summed E-state index contributed by atoms with van der Waals surface area (Å²) in [5, 5.41) is 14.7. The highest BCUT2D eigenvalue weighted by Crippen LogP contribution is 2.13. The van der Waals surface area contributed by atoms with Gasteiger partial charge in [0.2, 0.25) is 0 Å². The van der Waals surface area contributed by atoms with Gasteiger partial charge in [0.15, 0.2) is 11.8 Å². The number of benzene rings is 1. The fourth-order valence-corrected chi connectivity index (χ4v) is 2.28. The summed E-state index contributed by atoms with van der Waals surface area (Å²) in [4.78, 5) is 4.57. The molecule has 1 aromatic heterocycles. The van der Waals surface area contributed by atoms with Gasteiger partial charge in [0.1, 0.15) is 24.2 Å². The van der Waals surface area contributed by atoms with E-state index >= 15 is 0 Å². The van der Waals surface area contributed by atoms with Gasteiger partial charge in [0.05, 0.1) is 6.54 Å². The molecule has 0 aliphatic rings. The van der Waals surface area contributed by atoms with Crippen LogP contribution >= 0.6 is 0 Å². The summed E-state index contributed by atoms with van der Waals surface area (Å²) in [6, 6.07) is 8.06. The highest BCUT2D eigenvalue weighted by Gasteiger charge is 2.08. The lowest BCUT2D eigenvalue weighted by Gasteiger charge is -2.18. The van der Waals surface area contributed by atoms with Gasteiger partial charge in [0.25, 0.3) is 0 Å². The summed E-state index contributed by atoms with van der Waals surface area (Å²) >= 11 is 0. The maximum absolute atomic E-state index is 5.94. The van der Waals surface area contributed by atoms with E-state index in [1.807, 2.05) is 50.6 Å². The Balaban J connectivity index is 1.89. The van der Waals surface area contributed by atoms with E-state index in [1.54, 1.807) is 0 Å². The van der Waals surface area contributed by atoms with Gasteiger partial charge in [-0.25, -0.2) is 4.99 Å². The highest BCUT2D eigenvalue weighted by molar-refractivity contribution is 5.79. The number of rotatable bonds is 7. The third-order valence-electron chi connectivity index (χ3n) is 3.79. The van der Waals surface area contributed by atoms with Crippen molar-refractivity contribution in [2.75, 3.05) is 13.1 Å². The molecule has 0 fully saturated rings. The van der Waals surface area contributed by atoms with E-state index in [-0.39, 0.29) is 6.10 Å². The van der Waals surface area contributed by atoms with Crippen LogP contribution in [-0.4, -0.2) is 39.9 Å². The Hall–Kier alpha value is -2.57. The Morgan fingerprint density at radius 1 is 1.28 bits per heavy atom. The van der Waals surface area contributed by atoms with Crippen LogP contribution in [-0.2, 0) is 13.6 Å². The number of aryl methyl sites for hydroxylation is 2. The predicted molar refractivity (Wildman–Crippen MR) is 99.8 cm³/mol. The molecule has 0 aliphatic heterocycles. The van der Waals surface area contributed by atoms with Crippen LogP contribution in [0.3, 0.4) is 0 Å². The predicted octanol–water partition coefficient (Wildman–Crippen LogP) is 1.95. The Kier molecular flexibility index (Phi) is 6.80. The minimum atomic E-state index is 0.0164. The summed E-state index contributed by atoms with van der Waals surface area (Å²) < 4.78 is 7.88. The molecule has 7 nitrogen and oxygen atoms in total. The first-order chi connectivity index (χ1) is 12.0. The Morgan fingerprint density at radius 3 is 2.72 bits per heavy atom. The van der Waals surface area contributed by atoms with E-state index in [9.17, 15) is 0 Å². The second-order valence-corrected chi connectivity index (χ2v) is 6.04. The van der Waals surface area contributed by atoms with Crippen LogP contribution in [0.1, 0.15) is 31.1 Å². The topological polar surface area (TPSA) is 76.4 Å². The van der Waals surface area contributed by atoms with Gasteiger partial charge in [-0.15, -0.1) is 10.2 Å². The van der Waals surface area contributed by atoms with Crippen LogP contribution in [0.4, 0.5) is 0 Å². The molecule has 1 heterocycles. The average Bonchev–Trinajstić information content (AvgIpc) is 2.89. The van der Waals surface area contributed by atoms with E-state index in [0.29, 0.717) is 13.1 Å². The zero-order chi connectivity index (χ0) is 18.2. The lowest BCUT2D eigenvalue weighted by atomic mass is 10.2. The second-order valence-electron chi connectivity index (χ2n) is 6.04. The van der Waals surface area contributed by atoms with Gasteiger partial charge >= 0.3 is 0 Å². The molecule has 0 bridgehead atoms. The molecule has 2 aromatic rings. The molecule has 2 rings (SSSR count). The number of ether oxygens (including phenoxy) is 1. The van der Waals surface area contributed by atoms with Crippen molar-refractivity contribution >= 4 is 5.96 Å². The van der Waals surface area contributed by atoms with Gasteiger partial charge in [-0.3, -0.25) is 0 Å². The lowest BCUT2D eigenvalue weighted by Crippen LogP contribution is -2.41. The normalized spacial score (nSPS) is 12.8. The molecule has 1 aromatic carbocycles. The smallest absolute Gasteiger partial charge is 0.191 e. The summed E-state index contributed by atoms with van der Waals surface area (Å²) in [6.45, 7) is 9.96. The highest BCUT2D eigenvalue weighted by atomic mass is 16.5. The zero-order valence-corrected chi connectivity index (χ0v) is 15.7. The summed E-state index contributed by atoms with van der Waals surface area (Å²) in [6.07, 6.45) is 0.0164. The van der Waals surface area contributed by atoms with Crippen LogP contribution in [0.25, 0.3) is 0 Å². The third-order valence-corrected chi connectivity index (χ3v) is 3.79. The molecule has 7 heteroatoms. The zero-order valence-electron chi connectivity index (χ0n) is 15.7. The van der Waals surface area contributed by atoms with Crippen molar-refractivity contribution < 1.29 is 4.74 Å². The summed E-state index contributed by atoms with van der Waals surface area (Å²) in [7, 11) is 1.94. The lowest BCUT2D eigenvalue weighted by molar-refractivity contribution is 0.223. The molecule has 0 spiro atoms.